The van der Waals surface area contributed by atoms with Crippen LogP contribution in [0.25, 0.3) is 0 Å². The molecule has 0 aliphatic rings. The Morgan fingerprint density at radius 3 is 2.05 bits per heavy atom. The quantitative estimate of drug-likeness (QED) is 0.111. The number of amides is 1. The summed E-state index contributed by atoms with van der Waals surface area (Å²) in [5.41, 5.74) is 4.02. The fraction of sp³-hybridized carbons (Fsp3) is 0.568. The van der Waals surface area contributed by atoms with Gasteiger partial charge in [-0.1, -0.05) is 146 Å². The van der Waals surface area contributed by atoms with Crippen molar-refractivity contribution in [1.29, 1.82) is 0 Å². The molecule has 0 saturated carbocycles. The second-order valence-electron chi connectivity index (χ2n) is 12.7. The van der Waals surface area contributed by atoms with Gasteiger partial charge in [-0.3, -0.25) is 4.79 Å². The zero-order valence-electron chi connectivity index (χ0n) is 27.4. The normalized spacial score (nSPS) is 11.3. The molecule has 6 heteroatoms. The van der Waals surface area contributed by atoms with Crippen LogP contribution in [0.2, 0.25) is 0 Å². The number of ether oxygens (including phenoxy) is 1. The summed E-state index contributed by atoms with van der Waals surface area (Å²) in [7, 11) is 0. The Bertz CT molecular complexity index is 1220. The molecule has 0 atom stereocenters. The van der Waals surface area contributed by atoms with Crippen molar-refractivity contribution < 1.29 is 31.1 Å². The molecule has 0 bridgehead atoms. The van der Waals surface area contributed by atoms with Crippen molar-refractivity contribution in [3.05, 3.63) is 75.7 Å². The van der Waals surface area contributed by atoms with Crippen molar-refractivity contribution in [2.75, 3.05) is 11.9 Å². The van der Waals surface area contributed by atoms with Crippen molar-refractivity contribution in [1.82, 2.24) is 0 Å². The van der Waals surface area contributed by atoms with Crippen LogP contribution in [0.15, 0.2) is 54.0 Å². The Balaban J connectivity index is 0.00000645. The predicted molar refractivity (Wildman–Crippen MR) is 179 cm³/mol. The van der Waals surface area contributed by atoms with E-state index in [9.17, 15) is 4.79 Å². The van der Waals surface area contributed by atoms with Gasteiger partial charge in [-0.2, -0.15) is 4.57 Å². The molecule has 3 aromatic rings. The van der Waals surface area contributed by atoms with Crippen molar-refractivity contribution in [3.8, 4) is 5.75 Å². The molecule has 238 valence electrons. The van der Waals surface area contributed by atoms with Crippen LogP contribution in [-0.2, 0) is 23.2 Å². The number of carbonyl (C=O) groups excluding carboxylic acids is 1. The molecular weight excluding hydrogens is 616 g/mol. The van der Waals surface area contributed by atoms with E-state index in [2.05, 4.69) is 74.3 Å². The van der Waals surface area contributed by atoms with E-state index < -0.39 is 0 Å². The number of carbonyl (C=O) groups is 1. The number of hydrogen-bond donors (Lipinski definition) is 1. The van der Waals surface area contributed by atoms with Gasteiger partial charge in [0.2, 0.25) is 10.9 Å². The number of thiazole rings is 1. The first-order valence-corrected chi connectivity index (χ1v) is 17.2. The number of aryl methyl sites for hydroxylation is 1. The van der Waals surface area contributed by atoms with Crippen molar-refractivity contribution in [2.45, 2.75) is 130 Å². The highest BCUT2D eigenvalue weighted by Crippen LogP contribution is 2.35. The van der Waals surface area contributed by atoms with Crippen LogP contribution in [0.4, 0.5) is 5.69 Å². The number of para-hydroxylation sites is 2. The first-order chi connectivity index (χ1) is 20.3. The summed E-state index contributed by atoms with van der Waals surface area (Å²) in [6, 6.07) is 14.3. The van der Waals surface area contributed by atoms with E-state index in [1.165, 1.54) is 75.6 Å². The van der Waals surface area contributed by atoms with E-state index in [0.29, 0.717) is 6.61 Å². The van der Waals surface area contributed by atoms with Crippen LogP contribution in [0.5, 0.6) is 5.75 Å². The summed E-state index contributed by atoms with van der Waals surface area (Å²) in [4.78, 5) is 13.3. The van der Waals surface area contributed by atoms with Gasteiger partial charge in [-0.05, 0) is 23.5 Å². The maximum atomic E-state index is 13.3. The van der Waals surface area contributed by atoms with E-state index in [4.69, 9.17) is 4.74 Å². The third-order valence-electron chi connectivity index (χ3n) is 8.02. The van der Waals surface area contributed by atoms with E-state index in [1.807, 2.05) is 24.3 Å². The van der Waals surface area contributed by atoms with Crippen molar-refractivity contribution in [3.63, 3.8) is 0 Å². The number of nitrogens with zero attached hydrogens (tertiary/aromatic N) is 1. The topological polar surface area (TPSA) is 42.2 Å². The largest absolute Gasteiger partial charge is 1.00 e. The predicted octanol–water partition coefficient (Wildman–Crippen LogP) is 6.95. The van der Waals surface area contributed by atoms with Crippen LogP contribution in [0.1, 0.15) is 126 Å². The molecule has 0 aliphatic heterocycles. The molecule has 3 rings (SSSR count). The smallest absolute Gasteiger partial charge is 0.234 e. The summed E-state index contributed by atoms with van der Waals surface area (Å²) in [5, 5.41) is 6.52. The molecule has 1 aromatic heterocycles. The molecular formula is C37H55BrN2O2S. The highest BCUT2D eigenvalue weighted by Gasteiger charge is 2.23. The van der Waals surface area contributed by atoms with Gasteiger partial charge in [0, 0.05) is 18.1 Å². The maximum Gasteiger partial charge on any atom is 0.234 e. The second-order valence-corrected chi connectivity index (χ2v) is 13.8. The van der Waals surface area contributed by atoms with Crippen molar-refractivity contribution >= 4 is 22.9 Å². The molecule has 0 fully saturated rings. The van der Waals surface area contributed by atoms with Gasteiger partial charge in [0.1, 0.15) is 5.75 Å². The SMILES string of the molecule is CCCCCCCCCCCCCCOc1c(CC(=O)Nc2ccccc2C[n+]2ccsc2C)cccc1C(C)(C)C.[Br-]. The standard InChI is InChI=1S/C37H54N2O2S.BrH/c1-6-7-8-9-10-11-12-13-14-15-16-19-26-41-36-31(22-20-23-33(36)37(3,4)5)28-35(40)38-34-24-18-17-21-32(34)29-39-25-27-42-30(39)2;/h17-18,20-25,27H,6-16,19,26,28-29H2,1-5H3;1H. The van der Waals surface area contributed by atoms with E-state index in [-0.39, 0.29) is 34.7 Å². The minimum atomic E-state index is -0.0689. The molecule has 0 unspecified atom stereocenters. The highest BCUT2D eigenvalue weighted by molar-refractivity contribution is 7.09. The molecule has 4 nitrogen and oxygen atoms in total. The van der Waals surface area contributed by atoms with E-state index >= 15 is 0 Å². The zero-order chi connectivity index (χ0) is 30.2. The van der Waals surface area contributed by atoms with E-state index in [1.54, 1.807) is 11.3 Å². The lowest BCUT2D eigenvalue weighted by Gasteiger charge is -2.25. The van der Waals surface area contributed by atoms with Gasteiger partial charge >= 0.3 is 0 Å². The molecule has 0 spiro atoms. The maximum absolute atomic E-state index is 13.3. The average Bonchev–Trinajstić information content (AvgIpc) is 3.36. The van der Waals surface area contributed by atoms with Crippen LogP contribution in [0.3, 0.4) is 0 Å². The lowest BCUT2D eigenvalue weighted by molar-refractivity contribution is -0.689. The first-order valence-electron chi connectivity index (χ1n) is 16.4. The van der Waals surface area contributed by atoms with Gasteiger partial charge in [-0.15, -0.1) is 0 Å². The Morgan fingerprint density at radius 1 is 0.837 bits per heavy atom. The van der Waals surface area contributed by atoms with Gasteiger partial charge in [0.25, 0.3) is 0 Å². The summed E-state index contributed by atoms with van der Waals surface area (Å²) >= 11 is 1.73. The van der Waals surface area contributed by atoms with Crippen LogP contribution >= 0.6 is 11.3 Å². The molecule has 0 radical (unpaired) electrons. The van der Waals surface area contributed by atoms with Gasteiger partial charge in [0.15, 0.2) is 12.7 Å². The Kier molecular flexibility index (Phi) is 17.2. The third-order valence-corrected chi connectivity index (χ3v) is 8.85. The Labute approximate surface area is 276 Å². The number of benzene rings is 2. The molecule has 0 aliphatic carbocycles. The third kappa shape index (κ3) is 13.1. The van der Waals surface area contributed by atoms with Gasteiger partial charge < -0.3 is 27.0 Å². The number of hydrogen-bond acceptors (Lipinski definition) is 3. The van der Waals surface area contributed by atoms with Gasteiger partial charge in [-0.25, -0.2) is 0 Å². The number of unbranched alkanes of at least 4 members (excludes halogenated alkanes) is 11. The lowest BCUT2D eigenvalue weighted by atomic mass is 9.84. The Morgan fingerprint density at radius 2 is 1.44 bits per heavy atom. The summed E-state index contributed by atoms with van der Waals surface area (Å²) in [6.07, 6.45) is 18.3. The average molecular weight is 672 g/mol. The molecule has 2 aromatic carbocycles. The number of nitrogens with one attached hydrogen (secondary N) is 1. The fourth-order valence-corrected chi connectivity index (χ4v) is 6.14. The summed E-state index contributed by atoms with van der Waals surface area (Å²) in [5.74, 6) is 0.872. The molecule has 0 saturated heterocycles. The molecule has 1 heterocycles. The van der Waals surface area contributed by atoms with Crippen LogP contribution < -0.4 is 31.6 Å². The minimum absolute atomic E-state index is 0. The Hall–Kier alpha value is -2.18. The molecule has 1 amide bonds. The second kappa shape index (κ2) is 20.0. The minimum Gasteiger partial charge on any atom is -1.00 e. The molecule has 43 heavy (non-hydrogen) atoms. The summed E-state index contributed by atoms with van der Waals surface area (Å²) < 4.78 is 8.67. The summed E-state index contributed by atoms with van der Waals surface area (Å²) in [6.45, 7) is 12.5. The highest BCUT2D eigenvalue weighted by atomic mass is 79.9. The first kappa shape index (κ1) is 37.0. The number of anilines is 1. The van der Waals surface area contributed by atoms with E-state index in [0.717, 1.165) is 41.1 Å². The molecule has 1 N–H and O–H groups in total. The van der Waals surface area contributed by atoms with Gasteiger partial charge in [0.05, 0.1) is 24.1 Å². The number of aromatic nitrogens is 1. The van der Waals surface area contributed by atoms with Crippen LogP contribution in [0, 0.1) is 6.92 Å². The van der Waals surface area contributed by atoms with Crippen LogP contribution in [-0.4, -0.2) is 12.5 Å². The van der Waals surface area contributed by atoms with Crippen molar-refractivity contribution in [2.24, 2.45) is 0 Å². The fourth-order valence-electron chi connectivity index (χ4n) is 5.47. The number of rotatable bonds is 19. The number of halogens is 1. The monoisotopic (exact) mass is 670 g/mol. The zero-order valence-corrected chi connectivity index (χ0v) is 29.8. The lowest BCUT2D eigenvalue weighted by Crippen LogP contribution is -3.00.